The molecule has 32 heavy (non-hydrogen) atoms. The smallest absolute Gasteiger partial charge is 0.245 e. The number of nitrogens with zero attached hydrogens (tertiary/aromatic N) is 5. The van der Waals surface area contributed by atoms with E-state index in [-0.39, 0.29) is 27.7 Å². The van der Waals surface area contributed by atoms with E-state index in [9.17, 15) is 21.6 Å². The monoisotopic (exact) mass is 457 g/mol. The Morgan fingerprint density at radius 2 is 1.84 bits per heavy atom. The molecular formula is C21H14F3N5O2S. The molecule has 0 amide bonds. The van der Waals surface area contributed by atoms with Gasteiger partial charge in [-0.1, -0.05) is 19.1 Å². The quantitative estimate of drug-likeness (QED) is 0.457. The molecule has 0 fully saturated rings. The fourth-order valence-corrected chi connectivity index (χ4v) is 4.13. The second kappa shape index (κ2) is 7.72. The van der Waals surface area contributed by atoms with Gasteiger partial charge in [0.2, 0.25) is 0 Å². The highest BCUT2D eigenvalue weighted by Gasteiger charge is 2.34. The fraction of sp³-hybridized carbons (Fsp3) is 0.143. The van der Waals surface area contributed by atoms with Crippen molar-refractivity contribution < 1.29 is 21.6 Å². The minimum Gasteiger partial charge on any atom is -0.245 e. The van der Waals surface area contributed by atoms with Crippen LogP contribution in [-0.4, -0.2) is 33.8 Å². The van der Waals surface area contributed by atoms with Gasteiger partial charge >= 0.3 is 6.18 Å². The molecule has 1 aromatic carbocycles. The molecule has 0 atom stereocenters. The summed E-state index contributed by atoms with van der Waals surface area (Å²) in [7, 11) is -3.72. The molecule has 162 valence electrons. The van der Waals surface area contributed by atoms with Gasteiger partial charge in [-0.3, -0.25) is 0 Å². The Morgan fingerprint density at radius 1 is 1.06 bits per heavy atom. The lowest BCUT2D eigenvalue weighted by Gasteiger charge is -2.11. The van der Waals surface area contributed by atoms with Crippen LogP contribution in [0.4, 0.5) is 13.2 Å². The zero-order chi connectivity index (χ0) is 23.1. The Balaban J connectivity index is 1.93. The molecule has 0 spiro atoms. The maximum atomic E-state index is 13.0. The zero-order valence-corrected chi connectivity index (χ0v) is 17.3. The van der Waals surface area contributed by atoms with Crippen molar-refractivity contribution in [3.8, 4) is 28.7 Å². The molecule has 0 aliphatic heterocycles. The van der Waals surface area contributed by atoms with Gasteiger partial charge in [-0.2, -0.15) is 23.5 Å². The second-order valence-electron chi connectivity index (χ2n) is 6.78. The van der Waals surface area contributed by atoms with Crippen LogP contribution in [0.1, 0.15) is 18.2 Å². The van der Waals surface area contributed by atoms with E-state index in [1.54, 1.807) is 24.3 Å². The number of halogens is 3. The third-order valence-electron chi connectivity index (χ3n) is 4.72. The van der Waals surface area contributed by atoms with Gasteiger partial charge in [0, 0.05) is 17.8 Å². The van der Waals surface area contributed by atoms with Gasteiger partial charge in [0.1, 0.15) is 5.69 Å². The van der Waals surface area contributed by atoms with Crippen LogP contribution in [0.2, 0.25) is 0 Å². The largest absolute Gasteiger partial charge is 0.435 e. The van der Waals surface area contributed by atoms with Crippen molar-refractivity contribution in [2.24, 2.45) is 0 Å². The van der Waals surface area contributed by atoms with E-state index >= 15 is 0 Å². The first kappa shape index (κ1) is 21.5. The van der Waals surface area contributed by atoms with Gasteiger partial charge in [-0.25, -0.2) is 22.9 Å². The van der Waals surface area contributed by atoms with Crippen LogP contribution >= 0.6 is 0 Å². The minimum atomic E-state index is -4.64. The number of pyridine rings is 1. The molecule has 0 unspecified atom stereocenters. The van der Waals surface area contributed by atoms with Gasteiger partial charge in [0.15, 0.2) is 21.2 Å². The van der Waals surface area contributed by atoms with E-state index in [0.29, 0.717) is 16.8 Å². The zero-order valence-electron chi connectivity index (χ0n) is 16.5. The summed E-state index contributed by atoms with van der Waals surface area (Å²) >= 11 is 0. The van der Waals surface area contributed by atoms with Crippen molar-refractivity contribution in [2.45, 2.75) is 18.0 Å². The normalized spacial score (nSPS) is 12.1. The number of nitriles is 1. The number of hydrogen-bond acceptors (Lipinski definition) is 6. The topological polar surface area (TPSA) is 101 Å². The third-order valence-corrected chi connectivity index (χ3v) is 6.48. The van der Waals surface area contributed by atoms with E-state index in [1.165, 1.54) is 31.3 Å². The van der Waals surface area contributed by atoms with Crippen molar-refractivity contribution in [1.82, 2.24) is 19.6 Å². The first-order valence-electron chi connectivity index (χ1n) is 9.31. The van der Waals surface area contributed by atoms with Gasteiger partial charge in [-0.05, 0) is 30.3 Å². The minimum absolute atomic E-state index is 0.00368. The number of benzene rings is 1. The molecule has 0 aliphatic rings. The number of hydrogen-bond donors (Lipinski definition) is 0. The van der Waals surface area contributed by atoms with Crippen LogP contribution in [0, 0.1) is 11.3 Å². The Labute approximate surface area is 180 Å². The summed E-state index contributed by atoms with van der Waals surface area (Å²) in [6, 6.07) is 13.7. The molecule has 4 aromatic rings. The summed E-state index contributed by atoms with van der Waals surface area (Å²) in [4.78, 5) is 8.55. The Bertz CT molecular complexity index is 1490. The van der Waals surface area contributed by atoms with Crippen molar-refractivity contribution in [3.05, 3.63) is 66.0 Å². The third kappa shape index (κ3) is 3.92. The molecular weight excluding hydrogens is 443 g/mol. The summed E-state index contributed by atoms with van der Waals surface area (Å²) in [5, 5.41) is 12.6. The van der Waals surface area contributed by atoms with E-state index in [4.69, 9.17) is 5.26 Å². The first-order chi connectivity index (χ1) is 15.1. The predicted molar refractivity (Wildman–Crippen MR) is 109 cm³/mol. The van der Waals surface area contributed by atoms with Gasteiger partial charge in [-0.15, -0.1) is 0 Å². The molecule has 0 N–H and O–H groups in total. The highest BCUT2D eigenvalue weighted by Crippen LogP contribution is 2.31. The van der Waals surface area contributed by atoms with Gasteiger partial charge < -0.3 is 0 Å². The predicted octanol–water partition coefficient (Wildman–Crippen LogP) is 4.14. The Morgan fingerprint density at radius 3 is 2.53 bits per heavy atom. The lowest BCUT2D eigenvalue weighted by Crippen LogP contribution is -2.08. The average Bonchev–Trinajstić information content (AvgIpc) is 3.23. The standard InChI is InChI=1S/C21H14F3N5O2S/c1-2-32(30,31)17-7-6-15(14-5-3-4-13(10-14)12-25)27-20(17)16-8-9-29-19(26-16)11-18(28-29)21(22,23)24/h3-11H,2H2,1H3. The molecule has 3 heterocycles. The summed E-state index contributed by atoms with van der Waals surface area (Å²) < 4.78 is 65.3. The van der Waals surface area contributed by atoms with Gasteiger partial charge in [0.05, 0.1) is 33.7 Å². The molecule has 0 saturated carbocycles. The molecule has 4 rings (SSSR count). The Hall–Kier alpha value is -3.78. The fourth-order valence-electron chi connectivity index (χ4n) is 3.10. The highest BCUT2D eigenvalue weighted by atomic mass is 32.2. The van der Waals surface area contributed by atoms with Crippen LogP contribution in [0.15, 0.2) is 59.6 Å². The molecule has 7 nitrogen and oxygen atoms in total. The molecule has 3 aromatic heterocycles. The number of fused-ring (bicyclic) bond motifs is 1. The number of sulfone groups is 1. The lowest BCUT2D eigenvalue weighted by atomic mass is 10.1. The first-order valence-corrected chi connectivity index (χ1v) is 11.0. The van der Waals surface area contributed by atoms with Crippen LogP contribution in [0.5, 0.6) is 0 Å². The Kier molecular flexibility index (Phi) is 5.18. The molecule has 0 bridgehead atoms. The molecule has 11 heteroatoms. The second-order valence-corrected chi connectivity index (χ2v) is 9.03. The molecule has 0 aliphatic carbocycles. The van der Waals surface area contributed by atoms with E-state index in [2.05, 4.69) is 15.1 Å². The number of rotatable bonds is 4. The van der Waals surface area contributed by atoms with Crippen molar-refractivity contribution in [2.75, 3.05) is 5.75 Å². The average molecular weight is 457 g/mol. The SMILES string of the molecule is CCS(=O)(=O)c1ccc(-c2cccc(C#N)c2)nc1-c1ccn2nc(C(F)(F)F)cc2n1. The van der Waals surface area contributed by atoms with E-state index in [1.807, 2.05) is 6.07 Å². The molecule has 0 radical (unpaired) electrons. The van der Waals surface area contributed by atoms with Crippen molar-refractivity contribution in [3.63, 3.8) is 0 Å². The van der Waals surface area contributed by atoms with E-state index < -0.39 is 21.7 Å². The maximum absolute atomic E-state index is 13.0. The van der Waals surface area contributed by atoms with Crippen LogP contribution in [0.25, 0.3) is 28.3 Å². The summed E-state index contributed by atoms with van der Waals surface area (Å²) in [5.41, 5.74) is 0.232. The van der Waals surface area contributed by atoms with Crippen molar-refractivity contribution in [1.29, 1.82) is 5.26 Å². The lowest BCUT2D eigenvalue weighted by molar-refractivity contribution is -0.141. The van der Waals surface area contributed by atoms with E-state index in [0.717, 1.165) is 10.6 Å². The van der Waals surface area contributed by atoms with Crippen LogP contribution < -0.4 is 0 Å². The number of alkyl halides is 3. The van der Waals surface area contributed by atoms with Crippen LogP contribution in [-0.2, 0) is 16.0 Å². The van der Waals surface area contributed by atoms with Gasteiger partial charge in [0.25, 0.3) is 0 Å². The maximum Gasteiger partial charge on any atom is 0.435 e. The summed E-state index contributed by atoms with van der Waals surface area (Å²) in [5.74, 6) is -0.196. The highest BCUT2D eigenvalue weighted by molar-refractivity contribution is 7.91. The van der Waals surface area contributed by atoms with Crippen LogP contribution in [0.3, 0.4) is 0 Å². The summed E-state index contributed by atoms with van der Waals surface area (Å²) in [6.07, 6.45) is -3.38. The molecule has 0 saturated heterocycles. The van der Waals surface area contributed by atoms with Crippen molar-refractivity contribution >= 4 is 15.5 Å². The summed E-state index contributed by atoms with van der Waals surface area (Å²) in [6.45, 7) is 1.48. The number of aromatic nitrogens is 4.